The lowest BCUT2D eigenvalue weighted by atomic mass is 9.97. The highest BCUT2D eigenvalue weighted by Gasteiger charge is 2.40. The number of ether oxygens (including phenoxy) is 1. The van der Waals surface area contributed by atoms with E-state index in [2.05, 4.69) is 5.10 Å². The van der Waals surface area contributed by atoms with Crippen LogP contribution in [0.25, 0.3) is 11.1 Å². The van der Waals surface area contributed by atoms with Crippen molar-refractivity contribution in [2.45, 2.75) is 18.9 Å². The molecular formula is C15H17FN2O3. The third kappa shape index (κ3) is 2.67. The quantitative estimate of drug-likeness (QED) is 0.888. The summed E-state index contributed by atoms with van der Waals surface area (Å²) in [5.74, 6) is -1.41. The number of aromatic nitrogens is 2. The SMILES string of the molecule is CCC(COC)(C(=O)O)n1cc(-c2ccccc2F)cn1. The second kappa shape index (κ2) is 6.05. The van der Waals surface area contributed by atoms with Gasteiger partial charge in [-0.2, -0.15) is 5.10 Å². The van der Waals surface area contributed by atoms with Crippen molar-refractivity contribution < 1.29 is 19.0 Å². The average molecular weight is 292 g/mol. The topological polar surface area (TPSA) is 64.3 Å². The van der Waals surface area contributed by atoms with Crippen LogP contribution in [0.4, 0.5) is 4.39 Å². The van der Waals surface area contributed by atoms with E-state index in [9.17, 15) is 14.3 Å². The van der Waals surface area contributed by atoms with Gasteiger partial charge in [-0.3, -0.25) is 4.68 Å². The van der Waals surface area contributed by atoms with Gasteiger partial charge in [0.05, 0.1) is 12.8 Å². The zero-order valence-corrected chi connectivity index (χ0v) is 11.9. The maximum Gasteiger partial charge on any atom is 0.334 e. The Labute approximate surface area is 122 Å². The van der Waals surface area contributed by atoms with Crippen molar-refractivity contribution in [2.24, 2.45) is 0 Å². The molecule has 1 aromatic carbocycles. The van der Waals surface area contributed by atoms with E-state index in [0.717, 1.165) is 0 Å². The van der Waals surface area contributed by atoms with Crippen molar-refractivity contribution in [3.8, 4) is 11.1 Å². The third-order valence-electron chi connectivity index (χ3n) is 3.57. The lowest BCUT2D eigenvalue weighted by Gasteiger charge is -2.27. The van der Waals surface area contributed by atoms with Crippen molar-refractivity contribution in [2.75, 3.05) is 13.7 Å². The summed E-state index contributed by atoms with van der Waals surface area (Å²) in [6.45, 7) is 1.73. The molecule has 5 nitrogen and oxygen atoms in total. The monoisotopic (exact) mass is 292 g/mol. The fourth-order valence-corrected chi connectivity index (χ4v) is 2.27. The Morgan fingerprint density at radius 1 is 1.48 bits per heavy atom. The smallest absolute Gasteiger partial charge is 0.334 e. The van der Waals surface area contributed by atoms with Gasteiger partial charge in [0.2, 0.25) is 0 Å². The summed E-state index contributed by atoms with van der Waals surface area (Å²) in [5, 5.41) is 13.6. The van der Waals surface area contributed by atoms with Crippen molar-refractivity contribution in [1.29, 1.82) is 0 Å². The number of benzene rings is 1. The molecule has 1 aromatic heterocycles. The van der Waals surface area contributed by atoms with Crippen molar-refractivity contribution >= 4 is 5.97 Å². The van der Waals surface area contributed by atoms with E-state index in [-0.39, 0.29) is 12.4 Å². The number of carboxylic acid groups (broad SMARTS) is 1. The second-order valence-electron chi connectivity index (χ2n) is 4.78. The van der Waals surface area contributed by atoms with Gasteiger partial charge in [-0.05, 0) is 12.5 Å². The van der Waals surface area contributed by atoms with Gasteiger partial charge < -0.3 is 9.84 Å². The van der Waals surface area contributed by atoms with Crippen LogP contribution in [0, 0.1) is 5.82 Å². The predicted molar refractivity (Wildman–Crippen MR) is 75.4 cm³/mol. The molecule has 0 aliphatic carbocycles. The lowest BCUT2D eigenvalue weighted by Crippen LogP contribution is -2.45. The van der Waals surface area contributed by atoms with E-state index < -0.39 is 11.5 Å². The number of hydrogen-bond acceptors (Lipinski definition) is 3. The number of nitrogens with zero attached hydrogens (tertiary/aromatic N) is 2. The second-order valence-corrected chi connectivity index (χ2v) is 4.78. The molecule has 1 heterocycles. The fourth-order valence-electron chi connectivity index (χ4n) is 2.27. The molecule has 0 spiro atoms. The minimum Gasteiger partial charge on any atom is -0.479 e. The molecule has 0 radical (unpaired) electrons. The highest BCUT2D eigenvalue weighted by Crippen LogP contribution is 2.27. The number of hydrogen-bond donors (Lipinski definition) is 1. The van der Waals surface area contributed by atoms with Crippen molar-refractivity contribution in [3.63, 3.8) is 0 Å². The summed E-state index contributed by atoms with van der Waals surface area (Å²) in [7, 11) is 1.44. The summed E-state index contributed by atoms with van der Waals surface area (Å²) in [5.41, 5.74) is -0.377. The minimum absolute atomic E-state index is 0.0166. The van der Waals surface area contributed by atoms with E-state index in [1.807, 2.05) is 0 Å². The first-order valence-electron chi connectivity index (χ1n) is 6.57. The summed E-state index contributed by atoms with van der Waals surface area (Å²) < 4.78 is 20.2. The van der Waals surface area contributed by atoms with Crippen LogP contribution in [0.3, 0.4) is 0 Å². The molecule has 0 aliphatic heterocycles. The van der Waals surface area contributed by atoms with E-state index in [4.69, 9.17) is 4.74 Å². The van der Waals surface area contributed by atoms with Gasteiger partial charge in [0.15, 0.2) is 5.54 Å². The first kappa shape index (κ1) is 15.2. The molecule has 2 rings (SSSR count). The molecule has 1 N–H and O–H groups in total. The highest BCUT2D eigenvalue weighted by atomic mass is 19.1. The molecule has 6 heteroatoms. The minimum atomic E-state index is -1.29. The van der Waals surface area contributed by atoms with Crippen LogP contribution >= 0.6 is 0 Å². The van der Waals surface area contributed by atoms with Crippen LogP contribution in [0.2, 0.25) is 0 Å². The third-order valence-corrected chi connectivity index (χ3v) is 3.57. The maximum absolute atomic E-state index is 13.8. The number of carboxylic acids is 1. The Kier molecular flexibility index (Phi) is 4.37. The molecule has 1 atom stereocenters. The number of aliphatic carboxylic acids is 1. The van der Waals surface area contributed by atoms with Crippen LogP contribution in [0.5, 0.6) is 0 Å². The molecular weight excluding hydrogens is 275 g/mol. The molecule has 0 aliphatic rings. The van der Waals surface area contributed by atoms with Crippen LogP contribution in [0.15, 0.2) is 36.7 Å². The molecule has 112 valence electrons. The number of rotatable bonds is 6. The molecule has 2 aromatic rings. The molecule has 1 unspecified atom stereocenters. The van der Waals surface area contributed by atoms with Gasteiger partial charge in [0.25, 0.3) is 0 Å². The molecule has 0 saturated heterocycles. The maximum atomic E-state index is 13.8. The zero-order valence-electron chi connectivity index (χ0n) is 11.9. The van der Waals surface area contributed by atoms with Gasteiger partial charge in [-0.25, -0.2) is 9.18 Å². The van der Waals surface area contributed by atoms with Crippen molar-refractivity contribution in [3.05, 3.63) is 42.5 Å². The summed E-state index contributed by atoms with van der Waals surface area (Å²) in [4.78, 5) is 11.6. The standard InChI is InChI=1S/C15H17FN2O3/c1-3-15(10-21-2,14(19)20)18-9-11(8-17-18)12-6-4-5-7-13(12)16/h4-9H,3,10H2,1-2H3,(H,19,20). The van der Waals surface area contributed by atoms with Gasteiger partial charge in [-0.1, -0.05) is 25.1 Å². The molecule has 0 amide bonds. The van der Waals surface area contributed by atoms with Gasteiger partial charge in [0, 0.05) is 24.4 Å². The number of methoxy groups -OCH3 is 1. The summed E-state index contributed by atoms with van der Waals surface area (Å²) in [6.07, 6.45) is 3.30. The largest absolute Gasteiger partial charge is 0.479 e. The Hall–Kier alpha value is -2.21. The number of halogens is 1. The van der Waals surface area contributed by atoms with Crippen LogP contribution in [-0.4, -0.2) is 34.6 Å². The number of carbonyl (C=O) groups is 1. The Morgan fingerprint density at radius 3 is 2.76 bits per heavy atom. The molecule has 0 fully saturated rings. The normalized spacial score (nSPS) is 13.9. The van der Waals surface area contributed by atoms with E-state index in [1.54, 1.807) is 25.1 Å². The van der Waals surface area contributed by atoms with Crippen molar-refractivity contribution in [1.82, 2.24) is 9.78 Å². The fraction of sp³-hybridized carbons (Fsp3) is 0.333. The van der Waals surface area contributed by atoms with Gasteiger partial charge >= 0.3 is 5.97 Å². The van der Waals surface area contributed by atoms with Crippen LogP contribution in [-0.2, 0) is 15.1 Å². The zero-order chi connectivity index (χ0) is 15.5. The summed E-state index contributed by atoms with van der Waals surface area (Å²) in [6, 6.07) is 6.30. The first-order valence-corrected chi connectivity index (χ1v) is 6.57. The van der Waals surface area contributed by atoms with E-state index >= 15 is 0 Å². The van der Waals surface area contributed by atoms with Crippen LogP contribution in [0.1, 0.15) is 13.3 Å². The predicted octanol–water partition coefficient (Wildman–Crippen LogP) is 2.53. The van der Waals surface area contributed by atoms with Gasteiger partial charge in [-0.15, -0.1) is 0 Å². The van der Waals surface area contributed by atoms with Crippen LogP contribution < -0.4 is 0 Å². The summed E-state index contributed by atoms with van der Waals surface area (Å²) >= 11 is 0. The first-order chi connectivity index (χ1) is 10.0. The Bertz CT molecular complexity index is 641. The molecule has 0 bridgehead atoms. The Morgan fingerprint density at radius 2 is 2.19 bits per heavy atom. The highest BCUT2D eigenvalue weighted by molar-refractivity contribution is 5.77. The Balaban J connectivity index is 2.47. The average Bonchev–Trinajstić information content (AvgIpc) is 2.95. The molecule has 0 saturated carbocycles. The lowest BCUT2D eigenvalue weighted by molar-refractivity contribution is -0.151. The molecule has 21 heavy (non-hydrogen) atoms. The van der Waals surface area contributed by atoms with Gasteiger partial charge in [0.1, 0.15) is 5.82 Å². The van der Waals surface area contributed by atoms with E-state index in [1.165, 1.54) is 30.3 Å². The van der Waals surface area contributed by atoms with E-state index in [0.29, 0.717) is 17.5 Å².